The van der Waals surface area contributed by atoms with Crippen molar-refractivity contribution < 1.29 is 9.47 Å². The van der Waals surface area contributed by atoms with Crippen molar-refractivity contribution in [2.24, 2.45) is 0 Å². The van der Waals surface area contributed by atoms with E-state index in [-0.39, 0.29) is 11.7 Å². The van der Waals surface area contributed by atoms with Crippen LogP contribution in [0, 0.1) is 0 Å². The zero-order valence-electron chi connectivity index (χ0n) is 11.7. The molecule has 3 nitrogen and oxygen atoms in total. The van der Waals surface area contributed by atoms with E-state index >= 15 is 0 Å². The summed E-state index contributed by atoms with van der Waals surface area (Å²) < 4.78 is 12.1. The van der Waals surface area contributed by atoms with Gasteiger partial charge in [0.25, 0.3) is 0 Å². The molecule has 0 aromatic heterocycles. The summed E-state index contributed by atoms with van der Waals surface area (Å²) >= 11 is 5.96. The van der Waals surface area contributed by atoms with Gasteiger partial charge >= 0.3 is 0 Å². The van der Waals surface area contributed by atoms with Gasteiger partial charge in [0, 0.05) is 11.1 Å². The van der Waals surface area contributed by atoms with Gasteiger partial charge in [-0.1, -0.05) is 30.9 Å². The maximum Gasteiger partial charge on any atom is 0.143 e. The molecule has 1 aromatic rings. The SMILES string of the molecule is Nc1ccc(Cl)cc1OCC1CCC2(CCCCC2)O1. The Kier molecular flexibility index (Phi) is 4.08. The van der Waals surface area contributed by atoms with E-state index in [1.807, 2.05) is 0 Å². The molecule has 1 saturated carbocycles. The van der Waals surface area contributed by atoms with Gasteiger partial charge in [0.05, 0.1) is 17.4 Å². The highest BCUT2D eigenvalue weighted by Crippen LogP contribution is 2.42. The second-order valence-corrected chi connectivity index (χ2v) is 6.45. The van der Waals surface area contributed by atoms with Gasteiger partial charge in [-0.05, 0) is 37.8 Å². The Balaban J connectivity index is 1.56. The zero-order valence-corrected chi connectivity index (χ0v) is 12.5. The van der Waals surface area contributed by atoms with Crippen LogP contribution in [0.5, 0.6) is 5.75 Å². The first-order chi connectivity index (χ1) is 9.67. The molecular formula is C16H22ClNO2. The number of benzene rings is 1. The second kappa shape index (κ2) is 5.82. The normalized spacial score (nSPS) is 24.9. The van der Waals surface area contributed by atoms with Crippen LogP contribution < -0.4 is 10.5 Å². The summed E-state index contributed by atoms with van der Waals surface area (Å²) in [5.41, 5.74) is 6.66. The molecule has 1 heterocycles. The minimum Gasteiger partial charge on any atom is -0.489 e. The van der Waals surface area contributed by atoms with Crippen molar-refractivity contribution in [2.45, 2.75) is 56.7 Å². The molecule has 0 radical (unpaired) electrons. The molecule has 2 fully saturated rings. The number of nitrogens with two attached hydrogens (primary N) is 1. The Hall–Kier alpha value is -0.930. The summed E-state index contributed by atoms with van der Waals surface area (Å²) in [4.78, 5) is 0. The first-order valence-electron chi connectivity index (χ1n) is 7.53. The first-order valence-corrected chi connectivity index (χ1v) is 7.90. The molecule has 1 aromatic carbocycles. The number of rotatable bonds is 3. The summed E-state index contributed by atoms with van der Waals surface area (Å²) in [5, 5.41) is 0.644. The minimum absolute atomic E-state index is 0.145. The van der Waals surface area contributed by atoms with Crippen molar-refractivity contribution in [2.75, 3.05) is 12.3 Å². The molecule has 1 unspecified atom stereocenters. The Morgan fingerprint density at radius 1 is 1.25 bits per heavy atom. The highest BCUT2D eigenvalue weighted by Gasteiger charge is 2.40. The van der Waals surface area contributed by atoms with Gasteiger partial charge in [-0.25, -0.2) is 0 Å². The molecule has 0 amide bonds. The van der Waals surface area contributed by atoms with Crippen LogP contribution in [-0.2, 0) is 4.74 Å². The topological polar surface area (TPSA) is 44.5 Å². The van der Waals surface area contributed by atoms with Crippen LogP contribution >= 0.6 is 11.6 Å². The van der Waals surface area contributed by atoms with Crippen LogP contribution in [0.25, 0.3) is 0 Å². The van der Waals surface area contributed by atoms with Crippen molar-refractivity contribution in [1.82, 2.24) is 0 Å². The highest BCUT2D eigenvalue weighted by atomic mass is 35.5. The van der Waals surface area contributed by atoms with Gasteiger partial charge < -0.3 is 15.2 Å². The Morgan fingerprint density at radius 2 is 2.05 bits per heavy atom. The summed E-state index contributed by atoms with van der Waals surface area (Å²) in [6.45, 7) is 0.562. The Labute approximate surface area is 125 Å². The smallest absolute Gasteiger partial charge is 0.143 e. The molecule has 0 bridgehead atoms. The van der Waals surface area contributed by atoms with Gasteiger partial charge in [0.1, 0.15) is 12.4 Å². The highest BCUT2D eigenvalue weighted by molar-refractivity contribution is 6.30. The number of hydrogen-bond donors (Lipinski definition) is 1. The number of nitrogen functional groups attached to an aromatic ring is 1. The minimum atomic E-state index is 0.145. The number of halogens is 1. The lowest BCUT2D eigenvalue weighted by Gasteiger charge is -2.33. The van der Waals surface area contributed by atoms with Gasteiger partial charge in [0.2, 0.25) is 0 Å². The third-order valence-corrected chi connectivity index (χ3v) is 4.74. The molecule has 3 rings (SSSR count). The molecular weight excluding hydrogens is 274 g/mol. The summed E-state index contributed by atoms with van der Waals surface area (Å²) in [6, 6.07) is 5.31. The van der Waals surface area contributed by atoms with Crippen molar-refractivity contribution in [3.05, 3.63) is 23.2 Å². The lowest BCUT2D eigenvalue weighted by Crippen LogP contribution is -2.32. The quantitative estimate of drug-likeness (QED) is 0.851. The molecule has 1 aliphatic heterocycles. The average Bonchev–Trinajstić information content (AvgIpc) is 2.84. The predicted molar refractivity (Wildman–Crippen MR) is 81.3 cm³/mol. The van der Waals surface area contributed by atoms with Crippen molar-refractivity contribution in [3.8, 4) is 5.75 Å². The molecule has 20 heavy (non-hydrogen) atoms. The number of hydrogen-bond acceptors (Lipinski definition) is 3. The monoisotopic (exact) mass is 295 g/mol. The van der Waals surface area contributed by atoms with Crippen molar-refractivity contribution in [3.63, 3.8) is 0 Å². The maximum absolute atomic E-state index is 6.28. The molecule has 2 aliphatic rings. The largest absolute Gasteiger partial charge is 0.489 e. The summed E-state index contributed by atoms with van der Waals surface area (Å²) in [7, 11) is 0. The van der Waals surface area contributed by atoms with Gasteiger partial charge in [0.15, 0.2) is 0 Å². The van der Waals surface area contributed by atoms with Gasteiger partial charge in [-0.2, -0.15) is 0 Å². The van der Waals surface area contributed by atoms with E-state index < -0.39 is 0 Å². The van der Waals surface area contributed by atoms with E-state index in [0.717, 1.165) is 6.42 Å². The van der Waals surface area contributed by atoms with E-state index in [1.54, 1.807) is 18.2 Å². The fourth-order valence-electron chi connectivity index (χ4n) is 3.39. The number of anilines is 1. The second-order valence-electron chi connectivity index (χ2n) is 6.02. The molecule has 1 atom stereocenters. The van der Waals surface area contributed by atoms with E-state index in [2.05, 4.69) is 0 Å². The summed E-state index contributed by atoms with van der Waals surface area (Å²) in [5.74, 6) is 0.658. The van der Waals surface area contributed by atoms with Gasteiger partial charge in [-0.3, -0.25) is 0 Å². The Morgan fingerprint density at radius 3 is 2.85 bits per heavy atom. The van der Waals surface area contributed by atoms with Crippen LogP contribution in [0.4, 0.5) is 5.69 Å². The van der Waals surface area contributed by atoms with E-state index in [0.29, 0.717) is 23.1 Å². The standard InChI is InChI=1S/C16H22ClNO2/c17-12-4-5-14(18)15(10-12)19-11-13-6-9-16(20-13)7-2-1-3-8-16/h4-5,10,13H,1-3,6-9,11,18H2. The number of ether oxygens (including phenoxy) is 2. The first kappa shape index (κ1) is 14.0. The molecule has 1 aliphatic carbocycles. The van der Waals surface area contributed by atoms with Crippen LogP contribution in [0.3, 0.4) is 0 Å². The van der Waals surface area contributed by atoms with Crippen LogP contribution in [0.1, 0.15) is 44.9 Å². The van der Waals surface area contributed by atoms with Crippen molar-refractivity contribution in [1.29, 1.82) is 0 Å². The molecule has 1 spiro atoms. The third-order valence-electron chi connectivity index (χ3n) is 4.50. The fraction of sp³-hybridized carbons (Fsp3) is 0.625. The van der Waals surface area contributed by atoms with E-state index in [4.69, 9.17) is 26.8 Å². The third kappa shape index (κ3) is 3.04. The average molecular weight is 296 g/mol. The van der Waals surface area contributed by atoms with E-state index in [9.17, 15) is 0 Å². The zero-order chi connectivity index (χ0) is 14.0. The lowest BCUT2D eigenvalue weighted by molar-refractivity contribution is -0.0748. The van der Waals surface area contributed by atoms with Gasteiger partial charge in [-0.15, -0.1) is 0 Å². The summed E-state index contributed by atoms with van der Waals surface area (Å²) in [6.07, 6.45) is 8.82. The van der Waals surface area contributed by atoms with Crippen molar-refractivity contribution >= 4 is 17.3 Å². The molecule has 2 N–H and O–H groups in total. The fourth-order valence-corrected chi connectivity index (χ4v) is 3.55. The lowest BCUT2D eigenvalue weighted by atomic mass is 9.83. The van der Waals surface area contributed by atoms with E-state index in [1.165, 1.54) is 38.5 Å². The predicted octanol–water partition coefficient (Wildman–Crippen LogP) is 4.18. The molecule has 4 heteroatoms. The molecule has 110 valence electrons. The van der Waals surface area contributed by atoms with Crippen LogP contribution in [-0.4, -0.2) is 18.3 Å². The van der Waals surface area contributed by atoms with Crippen LogP contribution in [0.15, 0.2) is 18.2 Å². The maximum atomic E-state index is 6.28. The Bertz CT molecular complexity index is 472. The van der Waals surface area contributed by atoms with Crippen LogP contribution in [0.2, 0.25) is 5.02 Å². The molecule has 1 saturated heterocycles.